The fraction of sp³-hybridized carbons (Fsp3) is 0.476. The topological polar surface area (TPSA) is 126 Å². The first kappa shape index (κ1) is 23.2. The van der Waals surface area contributed by atoms with E-state index in [2.05, 4.69) is 25.6 Å². The Kier molecular flexibility index (Phi) is 6.41. The number of halogens is 3. The van der Waals surface area contributed by atoms with Gasteiger partial charge in [0.05, 0.1) is 17.8 Å². The summed E-state index contributed by atoms with van der Waals surface area (Å²) in [4.78, 5) is 12.9. The fourth-order valence-electron chi connectivity index (χ4n) is 4.08. The smallest absolute Gasteiger partial charge is 0.405 e. The molecule has 0 bridgehead atoms. The van der Waals surface area contributed by atoms with Crippen molar-refractivity contribution in [3.8, 4) is 11.5 Å². The maximum atomic E-state index is 12.7. The molecule has 1 fully saturated rings. The van der Waals surface area contributed by atoms with Gasteiger partial charge in [0.25, 0.3) is 0 Å². The number of para-hydroxylation sites is 2. The van der Waals surface area contributed by atoms with Crippen LogP contribution in [0.3, 0.4) is 0 Å². The fourth-order valence-corrected chi connectivity index (χ4v) is 4.08. The molecular weight excluding hydrogens is 443 g/mol. The molecule has 1 aliphatic rings. The van der Waals surface area contributed by atoms with Gasteiger partial charge in [-0.05, 0) is 25.5 Å². The molecule has 12 heteroatoms. The lowest BCUT2D eigenvalue weighted by molar-refractivity contribution is -0.115. The zero-order valence-electron chi connectivity index (χ0n) is 17.9. The molecule has 1 saturated carbocycles. The van der Waals surface area contributed by atoms with Crippen LogP contribution in [0.5, 0.6) is 0 Å². The van der Waals surface area contributed by atoms with Crippen LogP contribution in [0.25, 0.3) is 22.6 Å². The number of hydrogen-bond donors (Lipinski definition) is 4. The number of alkyl halides is 3. The normalized spacial score (nSPS) is 23.2. The summed E-state index contributed by atoms with van der Waals surface area (Å²) in [6.07, 6.45) is -5.68. The molecule has 0 aliphatic heterocycles. The van der Waals surface area contributed by atoms with Gasteiger partial charge >= 0.3 is 6.18 Å². The maximum absolute atomic E-state index is 12.7. The van der Waals surface area contributed by atoms with Crippen LogP contribution in [0.15, 0.2) is 28.7 Å². The highest BCUT2D eigenvalue weighted by Gasteiger charge is 2.43. The largest absolute Gasteiger partial charge is 0.436 e. The Morgan fingerprint density at radius 2 is 1.97 bits per heavy atom. The molecule has 0 spiro atoms. The molecule has 33 heavy (non-hydrogen) atoms. The van der Waals surface area contributed by atoms with Crippen LogP contribution in [0.1, 0.15) is 12.1 Å². The number of fused-ring (bicyclic) bond motifs is 1. The number of nitrogens with one attached hydrogen (secondary N) is 2. The van der Waals surface area contributed by atoms with Crippen molar-refractivity contribution in [2.75, 3.05) is 30.9 Å². The van der Waals surface area contributed by atoms with E-state index < -0.39 is 36.9 Å². The second kappa shape index (κ2) is 9.12. The summed E-state index contributed by atoms with van der Waals surface area (Å²) in [6.45, 7) is 0.0750. The van der Waals surface area contributed by atoms with Gasteiger partial charge in [0.2, 0.25) is 11.8 Å². The molecule has 3 aromatic rings. The highest BCUT2D eigenvalue weighted by molar-refractivity contribution is 5.80. The molecule has 1 aliphatic carbocycles. The summed E-state index contributed by atoms with van der Waals surface area (Å²) in [5.74, 6) is -0.272. The van der Waals surface area contributed by atoms with Crippen molar-refractivity contribution in [1.82, 2.24) is 15.0 Å². The minimum absolute atomic E-state index is 0.177. The minimum atomic E-state index is -4.45. The number of aryl methyl sites for hydroxylation is 1. The van der Waals surface area contributed by atoms with E-state index in [0.717, 1.165) is 0 Å². The van der Waals surface area contributed by atoms with Gasteiger partial charge in [-0.2, -0.15) is 18.2 Å². The molecule has 4 rings (SSSR count). The third-order valence-corrected chi connectivity index (χ3v) is 5.65. The molecule has 0 radical (unpaired) electrons. The Morgan fingerprint density at radius 3 is 2.64 bits per heavy atom. The molecule has 0 amide bonds. The van der Waals surface area contributed by atoms with Gasteiger partial charge in [0.15, 0.2) is 5.58 Å². The Bertz CT molecular complexity index is 1090. The second-order valence-electron chi connectivity index (χ2n) is 7.93. The summed E-state index contributed by atoms with van der Waals surface area (Å²) in [7, 11) is 1.44. The predicted octanol–water partition coefficient (Wildman–Crippen LogP) is 2.74. The van der Waals surface area contributed by atoms with Crippen LogP contribution >= 0.6 is 0 Å². The third-order valence-electron chi connectivity index (χ3n) is 5.65. The molecule has 0 unspecified atom stereocenters. The highest BCUT2D eigenvalue weighted by Crippen LogP contribution is 2.36. The van der Waals surface area contributed by atoms with E-state index in [9.17, 15) is 23.4 Å². The van der Waals surface area contributed by atoms with Crippen LogP contribution in [0.4, 0.5) is 24.9 Å². The quantitative estimate of drug-likeness (QED) is 0.415. The summed E-state index contributed by atoms with van der Waals surface area (Å²) >= 11 is 0. The maximum Gasteiger partial charge on any atom is 0.405 e. The van der Waals surface area contributed by atoms with Crippen molar-refractivity contribution in [2.45, 2.75) is 37.8 Å². The van der Waals surface area contributed by atoms with E-state index in [1.165, 1.54) is 7.11 Å². The van der Waals surface area contributed by atoms with Crippen LogP contribution < -0.4 is 10.6 Å². The van der Waals surface area contributed by atoms with E-state index >= 15 is 0 Å². The van der Waals surface area contributed by atoms with Crippen LogP contribution in [-0.2, 0) is 4.74 Å². The van der Waals surface area contributed by atoms with E-state index in [1.54, 1.807) is 31.2 Å². The van der Waals surface area contributed by atoms with Gasteiger partial charge < -0.3 is 30.0 Å². The second-order valence-corrected chi connectivity index (χ2v) is 7.93. The first-order valence-electron chi connectivity index (χ1n) is 10.3. The van der Waals surface area contributed by atoms with E-state index in [-0.39, 0.29) is 24.3 Å². The third kappa shape index (κ3) is 4.87. The summed E-state index contributed by atoms with van der Waals surface area (Å²) in [5, 5.41) is 25.4. The van der Waals surface area contributed by atoms with Gasteiger partial charge in [0.1, 0.15) is 29.5 Å². The Hall–Kier alpha value is -2.96. The van der Waals surface area contributed by atoms with Gasteiger partial charge in [-0.25, -0.2) is 9.97 Å². The zero-order valence-corrected chi connectivity index (χ0v) is 17.9. The molecule has 9 nitrogen and oxygen atoms in total. The molecule has 4 atom stereocenters. The van der Waals surface area contributed by atoms with E-state index in [0.29, 0.717) is 28.8 Å². The van der Waals surface area contributed by atoms with Gasteiger partial charge in [-0.3, -0.25) is 0 Å². The van der Waals surface area contributed by atoms with Crippen LogP contribution in [-0.4, -0.2) is 69.9 Å². The lowest BCUT2D eigenvalue weighted by atomic mass is 10.1. The minimum Gasteiger partial charge on any atom is -0.436 e. The van der Waals surface area contributed by atoms with Crippen LogP contribution in [0, 0.1) is 12.8 Å². The average Bonchev–Trinajstić information content (AvgIpc) is 3.31. The Morgan fingerprint density at radius 1 is 1.21 bits per heavy atom. The number of oxazole rings is 1. The Labute approximate surface area is 187 Å². The molecular formula is C21H24F3N5O4. The number of aliphatic hydroxyl groups is 2. The molecule has 178 valence electrons. The number of aromatic nitrogens is 3. The summed E-state index contributed by atoms with van der Waals surface area (Å²) < 4.78 is 49.5. The predicted molar refractivity (Wildman–Crippen MR) is 114 cm³/mol. The van der Waals surface area contributed by atoms with E-state index in [1.807, 2.05) is 0 Å². The first-order valence-corrected chi connectivity index (χ1v) is 10.3. The molecule has 2 aromatic heterocycles. The number of methoxy groups -OCH3 is 1. The van der Waals surface area contributed by atoms with Crippen molar-refractivity contribution in [3.05, 3.63) is 30.0 Å². The summed E-state index contributed by atoms with van der Waals surface area (Å²) in [6, 6.07) is 6.64. The van der Waals surface area contributed by atoms with Crippen molar-refractivity contribution < 1.29 is 32.5 Å². The number of rotatable bonds is 7. The lowest BCUT2D eigenvalue weighted by Gasteiger charge is -2.23. The molecule has 1 aromatic carbocycles. The highest BCUT2D eigenvalue weighted by atomic mass is 19.4. The first-order chi connectivity index (χ1) is 15.7. The van der Waals surface area contributed by atoms with Gasteiger partial charge in [-0.15, -0.1) is 0 Å². The zero-order chi connectivity index (χ0) is 23.8. The van der Waals surface area contributed by atoms with Crippen molar-refractivity contribution >= 4 is 22.9 Å². The van der Waals surface area contributed by atoms with Crippen molar-refractivity contribution in [3.63, 3.8) is 0 Å². The number of nitrogens with zero attached hydrogens (tertiary/aromatic N) is 3. The molecule has 0 saturated heterocycles. The molecule has 2 heterocycles. The van der Waals surface area contributed by atoms with Crippen molar-refractivity contribution in [1.29, 1.82) is 0 Å². The monoisotopic (exact) mass is 467 g/mol. The van der Waals surface area contributed by atoms with Crippen LogP contribution in [0.2, 0.25) is 0 Å². The number of aliphatic hydroxyl groups excluding tert-OH is 2. The summed E-state index contributed by atoms with van der Waals surface area (Å²) in [5.41, 5.74) is 1.85. The van der Waals surface area contributed by atoms with Crippen molar-refractivity contribution in [2.24, 2.45) is 5.92 Å². The average molecular weight is 467 g/mol. The number of ether oxygens (including phenoxy) is 1. The number of benzene rings is 1. The standard InChI is InChI=1S/C21H24F3N5O4/c1-10-15(19-28-12-5-3-4-6-14(12)33-19)18(29-20(26-10)25-9-21(22,23)24)27-13-7-11(8-30)16(31)17(13)32-2/h3-6,11,13,16-17,30-31H,7-9H2,1-2H3,(H2,25,26,27,29)/t11-,13-,16-,17+/m1/s1. The SMILES string of the molecule is CO[C@@H]1[C@H](O)[C@@H](CO)C[C@H]1Nc1nc(NCC(F)(F)F)nc(C)c1-c1nc2ccccc2o1. The lowest BCUT2D eigenvalue weighted by Crippen LogP contribution is -2.37. The molecule has 4 N–H and O–H groups in total. The van der Waals surface area contributed by atoms with Gasteiger partial charge in [-0.1, -0.05) is 12.1 Å². The number of anilines is 2. The van der Waals surface area contributed by atoms with E-state index in [4.69, 9.17) is 9.15 Å². The van der Waals surface area contributed by atoms with Gasteiger partial charge in [0, 0.05) is 19.6 Å². The number of hydrogen-bond acceptors (Lipinski definition) is 9. The Balaban J connectivity index is 1.75.